The lowest BCUT2D eigenvalue weighted by molar-refractivity contribution is -0.150. The first-order valence-corrected chi connectivity index (χ1v) is 11.9. The van der Waals surface area contributed by atoms with Crippen molar-refractivity contribution >= 4 is 69.2 Å². The fourth-order valence-electron chi connectivity index (χ4n) is 3.30. The molecule has 0 aliphatic carbocycles. The fourth-order valence-corrected chi connectivity index (χ4v) is 6.36. The lowest BCUT2D eigenvalue weighted by atomic mass is 10.0. The van der Waals surface area contributed by atoms with E-state index in [1.165, 1.54) is 17.1 Å². The molecule has 0 unspecified atom stereocenters. The summed E-state index contributed by atoms with van der Waals surface area (Å²) < 4.78 is 0. The van der Waals surface area contributed by atoms with Crippen LogP contribution in [0.3, 0.4) is 0 Å². The van der Waals surface area contributed by atoms with Crippen LogP contribution in [0, 0.1) is 0 Å². The number of anilines is 2. The van der Waals surface area contributed by atoms with E-state index in [2.05, 4.69) is 15.5 Å². The first-order valence-electron chi connectivity index (χ1n) is 9.01. The van der Waals surface area contributed by atoms with Crippen LogP contribution in [0.2, 0.25) is 0 Å². The second kappa shape index (κ2) is 8.53. The number of thiazole rings is 1. The average Bonchev–Trinajstić information content (AvgIpc) is 3.22. The van der Waals surface area contributed by atoms with Crippen molar-refractivity contribution in [2.45, 2.75) is 16.3 Å². The number of thioether (sulfide) groups is 2. The molecule has 7 N–H and O–H groups in total. The summed E-state index contributed by atoms with van der Waals surface area (Å²) in [6.07, 6.45) is 0. The molecule has 1 fully saturated rings. The normalized spacial score (nSPS) is 20.5. The Morgan fingerprint density at radius 2 is 2.03 bits per heavy atom. The molecule has 0 spiro atoms. The Hall–Kier alpha value is -3.37. The number of hydrogen-bond acceptors (Lipinski definition) is 13. The van der Waals surface area contributed by atoms with E-state index in [0.717, 1.165) is 28.0 Å². The molecule has 2 aromatic rings. The molecular formula is C17H14N6O7S3. The number of hydrogen-bond donors (Lipinski definition) is 5. The Labute approximate surface area is 196 Å². The lowest BCUT2D eigenvalue weighted by Crippen LogP contribution is -2.71. The van der Waals surface area contributed by atoms with Crippen molar-refractivity contribution in [1.82, 2.24) is 15.2 Å². The first-order chi connectivity index (χ1) is 15.6. The van der Waals surface area contributed by atoms with Crippen LogP contribution in [0.25, 0.3) is 0 Å². The van der Waals surface area contributed by atoms with Gasteiger partial charge in [0.1, 0.15) is 28.5 Å². The average molecular weight is 511 g/mol. The van der Waals surface area contributed by atoms with Crippen LogP contribution in [-0.2, 0) is 14.4 Å². The number of carbonyl (C=O) groups excluding carboxylic acids is 2. The molecule has 33 heavy (non-hydrogen) atoms. The lowest BCUT2D eigenvalue weighted by Gasteiger charge is -2.49. The summed E-state index contributed by atoms with van der Waals surface area (Å²) in [5.41, 5.74) is 9.08. The van der Waals surface area contributed by atoms with Gasteiger partial charge in [0, 0.05) is 16.9 Å². The van der Waals surface area contributed by atoms with Crippen molar-refractivity contribution in [2.75, 3.05) is 23.0 Å². The number of fused-ring (bicyclic) bond motifs is 1. The smallest absolute Gasteiger partial charge is 0.352 e. The van der Waals surface area contributed by atoms with Gasteiger partial charge in [-0.15, -0.1) is 34.9 Å². The van der Waals surface area contributed by atoms with E-state index in [9.17, 15) is 34.3 Å². The Bertz CT molecular complexity index is 1320. The largest absolute Gasteiger partial charge is 0.477 e. The standard InChI is InChI=1S/C17H14N6O7S3/c18-6-10(24)11(25)12(6)31-1-4-2-32-15-8(14(27)23(15)9(4)16(28)29)21-13(26)7(22-30)5-3-33-17(19)20-5/h3,8,15,30H,1-2,18H2,(H2,19,20)(H,21,26)(H,28,29)/b22-7-/t8-,15-/m1/s1. The number of carboxylic acid groups (broad SMARTS) is 1. The minimum atomic E-state index is -1.34. The van der Waals surface area contributed by atoms with E-state index in [4.69, 9.17) is 11.5 Å². The third-order valence-corrected chi connectivity index (χ3v) is 8.11. The number of rotatable bonds is 7. The van der Waals surface area contributed by atoms with Crippen LogP contribution in [0.5, 0.6) is 0 Å². The van der Waals surface area contributed by atoms with E-state index < -0.39 is 45.8 Å². The highest BCUT2D eigenvalue weighted by atomic mass is 32.2. The van der Waals surface area contributed by atoms with E-state index in [1.807, 2.05) is 0 Å². The van der Waals surface area contributed by atoms with Gasteiger partial charge in [-0.2, -0.15) is 0 Å². The van der Waals surface area contributed by atoms with Crippen LogP contribution < -0.4 is 27.6 Å². The highest BCUT2D eigenvalue weighted by Crippen LogP contribution is 2.41. The van der Waals surface area contributed by atoms with Gasteiger partial charge in [-0.25, -0.2) is 9.78 Å². The molecule has 3 heterocycles. The maximum absolute atomic E-state index is 12.7. The molecule has 2 aliphatic heterocycles. The molecule has 16 heteroatoms. The summed E-state index contributed by atoms with van der Waals surface area (Å²) in [7, 11) is 0. The quantitative estimate of drug-likeness (QED) is 0.0726. The topological polar surface area (TPSA) is 218 Å². The van der Waals surface area contributed by atoms with Gasteiger partial charge >= 0.3 is 5.97 Å². The highest BCUT2D eigenvalue weighted by Gasteiger charge is 2.54. The molecule has 1 aromatic heterocycles. The second-order valence-electron chi connectivity index (χ2n) is 6.83. The predicted octanol–water partition coefficient (Wildman–Crippen LogP) is -1.39. The molecule has 13 nitrogen and oxygen atoms in total. The van der Waals surface area contributed by atoms with Crippen molar-refractivity contribution in [2.24, 2.45) is 5.16 Å². The number of aliphatic carboxylic acids is 1. The molecule has 1 saturated heterocycles. The van der Waals surface area contributed by atoms with Gasteiger partial charge in [-0.3, -0.25) is 24.1 Å². The van der Waals surface area contributed by atoms with Crippen LogP contribution in [0.15, 0.2) is 36.3 Å². The van der Waals surface area contributed by atoms with Crippen molar-refractivity contribution in [3.8, 4) is 0 Å². The van der Waals surface area contributed by atoms with E-state index in [0.29, 0.717) is 5.57 Å². The van der Waals surface area contributed by atoms with Crippen LogP contribution >= 0.6 is 34.9 Å². The zero-order valence-electron chi connectivity index (χ0n) is 16.3. The van der Waals surface area contributed by atoms with E-state index in [1.54, 1.807) is 0 Å². The Balaban J connectivity index is 1.49. The number of carbonyl (C=O) groups is 3. The number of aromatic nitrogens is 1. The monoisotopic (exact) mass is 510 g/mol. The molecule has 0 bridgehead atoms. The van der Waals surface area contributed by atoms with Gasteiger partial charge in [0.2, 0.25) is 5.43 Å². The Morgan fingerprint density at radius 1 is 1.30 bits per heavy atom. The van der Waals surface area contributed by atoms with Gasteiger partial charge in [0.25, 0.3) is 17.2 Å². The van der Waals surface area contributed by atoms with Gasteiger partial charge < -0.3 is 27.1 Å². The maximum Gasteiger partial charge on any atom is 0.352 e. The minimum absolute atomic E-state index is 0.0282. The molecular weight excluding hydrogens is 496 g/mol. The van der Waals surface area contributed by atoms with E-state index in [-0.39, 0.29) is 38.6 Å². The zero-order valence-corrected chi connectivity index (χ0v) is 18.8. The molecule has 1 aromatic carbocycles. The molecule has 2 atom stereocenters. The summed E-state index contributed by atoms with van der Waals surface area (Å²) in [6.45, 7) is 0. The third kappa shape index (κ3) is 3.75. The van der Waals surface area contributed by atoms with Crippen molar-refractivity contribution in [3.05, 3.63) is 42.8 Å². The van der Waals surface area contributed by atoms with Crippen LogP contribution in [0.4, 0.5) is 10.8 Å². The van der Waals surface area contributed by atoms with Crippen LogP contribution in [0.1, 0.15) is 5.69 Å². The van der Waals surface area contributed by atoms with Crippen LogP contribution in [-0.4, -0.2) is 66.6 Å². The third-order valence-electron chi connectivity index (χ3n) is 4.91. The number of oxime groups is 1. The molecule has 2 amide bonds. The summed E-state index contributed by atoms with van der Waals surface area (Å²) in [5.74, 6) is -2.64. The van der Waals surface area contributed by atoms with Crippen molar-refractivity contribution in [1.29, 1.82) is 0 Å². The number of carboxylic acids is 1. The zero-order chi connectivity index (χ0) is 24.0. The Morgan fingerprint density at radius 3 is 2.61 bits per heavy atom. The molecule has 172 valence electrons. The summed E-state index contributed by atoms with van der Waals surface area (Å²) >= 11 is 3.19. The van der Waals surface area contributed by atoms with Gasteiger partial charge in [0.15, 0.2) is 10.8 Å². The summed E-state index contributed by atoms with van der Waals surface area (Å²) in [6, 6.07) is -1.05. The van der Waals surface area contributed by atoms with E-state index >= 15 is 0 Å². The molecule has 0 saturated carbocycles. The number of β-lactam (4-membered cyclic amide) rings is 1. The first kappa shape index (κ1) is 22.8. The fraction of sp³-hybridized carbons (Fsp3) is 0.235. The summed E-state index contributed by atoms with van der Waals surface area (Å²) in [4.78, 5) is 65.0. The van der Waals surface area contributed by atoms with Crippen molar-refractivity contribution < 1.29 is 24.7 Å². The highest BCUT2D eigenvalue weighted by molar-refractivity contribution is 8.01. The minimum Gasteiger partial charge on any atom is -0.477 e. The molecule has 2 aliphatic rings. The van der Waals surface area contributed by atoms with Gasteiger partial charge in [-0.05, 0) is 5.57 Å². The number of nitrogens with one attached hydrogen (secondary N) is 1. The molecule has 4 rings (SSSR count). The SMILES string of the molecule is Nc1nc(/C(=N/O)C(=O)N[C@@H]2C(=O)N3C(C(=O)O)=C(CSc4c(N)c(=O)c4=O)CS[C@H]23)cs1. The number of nitrogens with zero attached hydrogens (tertiary/aromatic N) is 3. The van der Waals surface area contributed by atoms with Gasteiger partial charge in [-0.1, -0.05) is 5.16 Å². The van der Waals surface area contributed by atoms with Gasteiger partial charge in [0.05, 0.1) is 4.90 Å². The number of amides is 2. The summed E-state index contributed by atoms with van der Waals surface area (Å²) in [5, 5.41) is 25.1. The molecule has 0 radical (unpaired) electrons. The second-order valence-corrected chi connectivity index (χ2v) is 9.81. The Kier molecular flexibility index (Phi) is 5.89. The number of nitrogen functional groups attached to an aromatic ring is 2. The van der Waals surface area contributed by atoms with Crippen molar-refractivity contribution in [3.63, 3.8) is 0 Å². The maximum atomic E-state index is 12.7. The number of nitrogens with two attached hydrogens (primary N) is 2. The predicted molar refractivity (Wildman–Crippen MR) is 121 cm³/mol.